The highest BCUT2D eigenvalue weighted by molar-refractivity contribution is 4.93. The predicted octanol–water partition coefficient (Wildman–Crippen LogP) is 5.45. The summed E-state index contributed by atoms with van der Waals surface area (Å²) in [5.41, 5.74) is -0.363. The van der Waals surface area contributed by atoms with E-state index in [9.17, 15) is 0 Å². The molecular weight excluding hydrogens is 248 g/mol. The van der Waals surface area contributed by atoms with Crippen LogP contribution in [0.5, 0.6) is 0 Å². The van der Waals surface area contributed by atoms with Crippen molar-refractivity contribution < 1.29 is 9.47 Å². The van der Waals surface area contributed by atoms with Crippen molar-refractivity contribution in [2.45, 2.75) is 99.4 Å². The van der Waals surface area contributed by atoms with Crippen molar-refractivity contribution in [3.05, 3.63) is 0 Å². The molecule has 0 aromatic carbocycles. The van der Waals surface area contributed by atoms with Crippen LogP contribution in [0.4, 0.5) is 0 Å². The van der Waals surface area contributed by atoms with E-state index in [1.165, 1.54) is 6.42 Å². The van der Waals surface area contributed by atoms with Crippen molar-refractivity contribution in [2.24, 2.45) is 11.3 Å². The van der Waals surface area contributed by atoms with E-state index in [-0.39, 0.29) is 22.7 Å². The van der Waals surface area contributed by atoms with Crippen LogP contribution in [-0.4, -0.2) is 23.9 Å². The maximum atomic E-state index is 6.38. The Morgan fingerprint density at radius 1 is 0.900 bits per heavy atom. The topological polar surface area (TPSA) is 18.5 Å². The zero-order valence-corrected chi connectivity index (χ0v) is 15.6. The fourth-order valence-corrected chi connectivity index (χ4v) is 1.89. The van der Waals surface area contributed by atoms with Crippen LogP contribution < -0.4 is 0 Å². The minimum atomic E-state index is -0.200. The van der Waals surface area contributed by atoms with E-state index in [1.807, 2.05) is 0 Å². The normalized spacial score (nSPS) is 15.8. The zero-order chi connectivity index (χ0) is 16.2. The lowest BCUT2D eigenvalue weighted by molar-refractivity contribution is -0.193. The number of rotatable bonds is 9. The molecule has 0 saturated heterocycles. The third-order valence-electron chi connectivity index (χ3n) is 5.40. The van der Waals surface area contributed by atoms with Gasteiger partial charge in [-0.25, -0.2) is 0 Å². The molecule has 0 aromatic heterocycles. The summed E-state index contributed by atoms with van der Waals surface area (Å²) in [4.78, 5) is 0. The summed E-state index contributed by atoms with van der Waals surface area (Å²) in [6, 6.07) is 0. The lowest BCUT2D eigenvalue weighted by Gasteiger charge is -2.48. The summed E-state index contributed by atoms with van der Waals surface area (Å²) in [5.74, 6) is 0.491. The van der Waals surface area contributed by atoms with Crippen LogP contribution in [0.25, 0.3) is 0 Å². The minimum absolute atomic E-state index is 0.0487. The van der Waals surface area contributed by atoms with Crippen LogP contribution in [0.1, 0.15) is 82.1 Å². The Labute approximate surface area is 127 Å². The van der Waals surface area contributed by atoms with Gasteiger partial charge in [0.25, 0.3) is 0 Å². The van der Waals surface area contributed by atoms with Gasteiger partial charge in [0, 0.05) is 12.0 Å². The number of ether oxygens (including phenoxy) is 2. The first-order valence-electron chi connectivity index (χ1n) is 8.20. The van der Waals surface area contributed by atoms with Gasteiger partial charge >= 0.3 is 0 Å². The molecule has 2 nitrogen and oxygen atoms in total. The smallest absolute Gasteiger partial charge is 0.0701 e. The van der Waals surface area contributed by atoms with Crippen LogP contribution in [0, 0.1) is 11.3 Å². The van der Waals surface area contributed by atoms with E-state index in [0.717, 1.165) is 13.0 Å². The van der Waals surface area contributed by atoms with Gasteiger partial charge in [0.2, 0.25) is 0 Å². The van der Waals surface area contributed by atoms with Crippen LogP contribution in [0.2, 0.25) is 0 Å². The van der Waals surface area contributed by atoms with E-state index in [0.29, 0.717) is 5.92 Å². The maximum absolute atomic E-state index is 6.38. The average molecular weight is 286 g/mol. The van der Waals surface area contributed by atoms with Crippen molar-refractivity contribution in [3.63, 3.8) is 0 Å². The van der Waals surface area contributed by atoms with Crippen molar-refractivity contribution in [2.75, 3.05) is 6.61 Å². The first kappa shape index (κ1) is 19.9. The molecule has 0 N–H and O–H groups in total. The van der Waals surface area contributed by atoms with E-state index >= 15 is 0 Å². The Balaban J connectivity index is 4.83. The first-order chi connectivity index (χ1) is 8.88. The van der Waals surface area contributed by atoms with Gasteiger partial charge in [-0.15, -0.1) is 0 Å². The molecule has 1 unspecified atom stereocenters. The molecule has 0 saturated carbocycles. The predicted molar refractivity (Wildman–Crippen MR) is 88.2 cm³/mol. The Morgan fingerprint density at radius 2 is 1.40 bits per heavy atom. The van der Waals surface area contributed by atoms with Crippen LogP contribution in [0.3, 0.4) is 0 Å². The van der Waals surface area contributed by atoms with Crippen molar-refractivity contribution in [1.82, 2.24) is 0 Å². The fourth-order valence-electron chi connectivity index (χ4n) is 1.89. The molecule has 0 radical (unpaired) electrons. The van der Waals surface area contributed by atoms with Crippen LogP contribution >= 0.6 is 0 Å². The number of hydrogen-bond donors (Lipinski definition) is 0. The van der Waals surface area contributed by atoms with Gasteiger partial charge in [-0.2, -0.15) is 0 Å². The summed E-state index contributed by atoms with van der Waals surface area (Å²) in [7, 11) is 0. The second-order valence-corrected chi connectivity index (χ2v) is 7.95. The van der Waals surface area contributed by atoms with Crippen molar-refractivity contribution in [1.29, 1.82) is 0 Å². The van der Waals surface area contributed by atoms with Gasteiger partial charge < -0.3 is 9.47 Å². The largest absolute Gasteiger partial charge is 0.375 e. The first-order valence-corrected chi connectivity index (χ1v) is 8.20. The molecule has 0 aliphatic rings. The molecule has 0 aromatic rings. The summed E-state index contributed by atoms with van der Waals surface area (Å²) in [6.07, 6.45) is 2.42. The molecule has 0 fully saturated rings. The SMILES string of the molecule is CCCCOC(C)(C)C(C)(C)C(C)OC(C)(C)C(C)C. The minimum Gasteiger partial charge on any atom is -0.375 e. The van der Waals surface area contributed by atoms with Gasteiger partial charge in [-0.1, -0.05) is 41.0 Å². The third kappa shape index (κ3) is 5.04. The lowest BCUT2D eigenvalue weighted by Crippen LogP contribution is -2.52. The second kappa shape index (κ2) is 7.26. The highest BCUT2D eigenvalue weighted by atomic mass is 16.5. The molecule has 20 heavy (non-hydrogen) atoms. The summed E-state index contributed by atoms with van der Waals surface area (Å²) in [6.45, 7) is 22.8. The van der Waals surface area contributed by atoms with E-state index in [2.05, 4.69) is 69.2 Å². The number of unbranched alkanes of at least 4 members (excludes halogenated alkanes) is 1. The molecule has 0 rings (SSSR count). The van der Waals surface area contributed by atoms with Crippen LogP contribution in [-0.2, 0) is 9.47 Å². The molecule has 0 bridgehead atoms. The Kier molecular flexibility index (Phi) is 7.24. The summed E-state index contributed by atoms with van der Waals surface area (Å²) >= 11 is 0. The Morgan fingerprint density at radius 3 is 1.80 bits per heavy atom. The zero-order valence-electron chi connectivity index (χ0n) is 15.6. The van der Waals surface area contributed by atoms with Gasteiger partial charge in [-0.3, -0.25) is 0 Å². The average Bonchev–Trinajstić information content (AvgIpc) is 2.27. The molecule has 0 spiro atoms. The highest BCUT2D eigenvalue weighted by Gasteiger charge is 2.44. The van der Waals surface area contributed by atoms with Gasteiger partial charge in [0.15, 0.2) is 0 Å². The van der Waals surface area contributed by atoms with E-state index in [1.54, 1.807) is 0 Å². The Bertz CT molecular complexity index is 277. The standard InChI is InChI=1S/C18H38O2/c1-11-12-13-19-18(9,10)16(5,6)15(4)20-17(7,8)14(2)3/h14-15H,11-13H2,1-10H3. The monoisotopic (exact) mass is 286 g/mol. The summed E-state index contributed by atoms with van der Waals surface area (Å²) < 4.78 is 12.5. The van der Waals surface area contributed by atoms with E-state index < -0.39 is 0 Å². The molecular formula is C18H38O2. The van der Waals surface area contributed by atoms with Gasteiger partial charge in [0.1, 0.15) is 0 Å². The Hall–Kier alpha value is -0.0800. The highest BCUT2D eigenvalue weighted by Crippen LogP contribution is 2.40. The molecule has 0 aliphatic carbocycles. The molecule has 0 heterocycles. The number of hydrogen-bond acceptors (Lipinski definition) is 2. The second-order valence-electron chi connectivity index (χ2n) is 7.95. The maximum Gasteiger partial charge on any atom is 0.0701 e. The molecule has 0 aliphatic heterocycles. The van der Waals surface area contributed by atoms with E-state index in [4.69, 9.17) is 9.47 Å². The molecule has 0 amide bonds. The van der Waals surface area contributed by atoms with Crippen LogP contribution in [0.15, 0.2) is 0 Å². The summed E-state index contributed by atoms with van der Waals surface area (Å²) in [5, 5.41) is 0. The quantitative estimate of drug-likeness (QED) is 0.525. The molecule has 122 valence electrons. The molecule has 2 heteroatoms. The van der Waals surface area contributed by atoms with Gasteiger partial charge in [-0.05, 0) is 47.0 Å². The van der Waals surface area contributed by atoms with Crippen molar-refractivity contribution >= 4 is 0 Å². The van der Waals surface area contributed by atoms with Gasteiger partial charge in [0.05, 0.1) is 17.3 Å². The van der Waals surface area contributed by atoms with Crippen molar-refractivity contribution in [3.8, 4) is 0 Å². The fraction of sp³-hybridized carbons (Fsp3) is 1.00. The third-order valence-corrected chi connectivity index (χ3v) is 5.40. The lowest BCUT2D eigenvalue weighted by atomic mass is 9.72. The molecule has 1 atom stereocenters.